The van der Waals surface area contributed by atoms with Crippen LogP contribution in [-0.2, 0) is 6.54 Å². The summed E-state index contributed by atoms with van der Waals surface area (Å²) in [5.74, 6) is 0.852. The van der Waals surface area contributed by atoms with E-state index in [1.54, 1.807) is 28.9 Å². The van der Waals surface area contributed by atoms with Gasteiger partial charge in [0.15, 0.2) is 15.9 Å². The van der Waals surface area contributed by atoms with Crippen LogP contribution in [0.25, 0.3) is 10.8 Å². The number of piperazine rings is 1. The zero-order valence-electron chi connectivity index (χ0n) is 12.0. The lowest BCUT2D eigenvalue weighted by Crippen LogP contribution is -2.45. The molecule has 0 aliphatic carbocycles. The molecule has 0 saturated carbocycles. The first kappa shape index (κ1) is 13.9. The van der Waals surface area contributed by atoms with E-state index in [2.05, 4.69) is 25.1 Å². The van der Waals surface area contributed by atoms with Gasteiger partial charge in [0, 0.05) is 49.7 Å². The first-order chi connectivity index (χ1) is 10.9. The topological polar surface area (TPSA) is 45.4 Å². The summed E-state index contributed by atoms with van der Waals surface area (Å²) in [6, 6.07) is 3.85. The Morgan fingerprint density at radius 2 is 2.09 bits per heavy atom. The van der Waals surface area contributed by atoms with E-state index >= 15 is 0 Å². The second kappa shape index (κ2) is 6.20. The number of furan rings is 1. The van der Waals surface area contributed by atoms with Gasteiger partial charge in [-0.3, -0.25) is 4.90 Å². The maximum Gasteiger partial charge on any atom is 0.185 e. The van der Waals surface area contributed by atoms with Gasteiger partial charge in [0.25, 0.3) is 0 Å². The van der Waals surface area contributed by atoms with Crippen molar-refractivity contribution in [3.8, 4) is 10.8 Å². The van der Waals surface area contributed by atoms with E-state index in [1.165, 1.54) is 0 Å². The van der Waals surface area contributed by atoms with Crippen molar-refractivity contribution in [3.05, 3.63) is 41.0 Å². The standard InChI is InChI=1S/C15H16N4OS2/c1-2-13(20-8-1)14-17-12(11-22-14)10-18-4-6-19(7-5-18)15-16-3-9-21-15/h1-3,8-9,11H,4-7,10H2. The summed E-state index contributed by atoms with van der Waals surface area (Å²) < 4.78 is 5.40. The molecule has 4 heterocycles. The third kappa shape index (κ3) is 2.92. The minimum absolute atomic E-state index is 0.852. The van der Waals surface area contributed by atoms with Crippen LogP contribution in [0.3, 0.4) is 0 Å². The molecule has 1 saturated heterocycles. The summed E-state index contributed by atoms with van der Waals surface area (Å²) in [6.45, 7) is 5.06. The summed E-state index contributed by atoms with van der Waals surface area (Å²) in [6.07, 6.45) is 3.56. The van der Waals surface area contributed by atoms with Crippen molar-refractivity contribution < 1.29 is 4.42 Å². The number of hydrogen-bond acceptors (Lipinski definition) is 7. The highest BCUT2D eigenvalue weighted by molar-refractivity contribution is 7.13. The first-order valence-corrected chi connectivity index (χ1v) is 8.99. The van der Waals surface area contributed by atoms with E-state index in [0.29, 0.717) is 0 Å². The molecule has 0 N–H and O–H groups in total. The number of rotatable bonds is 4. The van der Waals surface area contributed by atoms with Gasteiger partial charge in [0.2, 0.25) is 0 Å². The van der Waals surface area contributed by atoms with E-state index in [9.17, 15) is 0 Å². The molecule has 1 fully saturated rings. The van der Waals surface area contributed by atoms with Gasteiger partial charge in [-0.25, -0.2) is 9.97 Å². The minimum Gasteiger partial charge on any atom is -0.462 e. The van der Waals surface area contributed by atoms with Gasteiger partial charge in [-0.2, -0.15) is 0 Å². The SMILES string of the molecule is c1coc(-c2nc(CN3CCN(c4nccs4)CC3)cs2)c1. The lowest BCUT2D eigenvalue weighted by molar-refractivity contribution is 0.247. The average molecular weight is 332 g/mol. The normalized spacial score (nSPS) is 16.3. The fraction of sp³-hybridized carbons (Fsp3) is 0.333. The Kier molecular flexibility index (Phi) is 3.92. The molecule has 3 aromatic rings. The Morgan fingerprint density at radius 3 is 2.82 bits per heavy atom. The second-order valence-corrected chi connectivity index (χ2v) is 6.93. The van der Waals surface area contributed by atoms with Gasteiger partial charge in [-0.1, -0.05) is 0 Å². The summed E-state index contributed by atoms with van der Waals surface area (Å²) >= 11 is 3.36. The van der Waals surface area contributed by atoms with Crippen LogP contribution in [0.15, 0.2) is 39.8 Å². The Morgan fingerprint density at radius 1 is 1.18 bits per heavy atom. The van der Waals surface area contributed by atoms with Crippen molar-refractivity contribution in [2.75, 3.05) is 31.1 Å². The molecule has 3 aromatic heterocycles. The van der Waals surface area contributed by atoms with E-state index in [1.807, 2.05) is 23.7 Å². The van der Waals surface area contributed by atoms with Gasteiger partial charge in [0.1, 0.15) is 0 Å². The van der Waals surface area contributed by atoms with Crippen molar-refractivity contribution in [3.63, 3.8) is 0 Å². The van der Waals surface area contributed by atoms with Crippen molar-refractivity contribution in [2.45, 2.75) is 6.54 Å². The Hall–Kier alpha value is -1.70. The van der Waals surface area contributed by atoms with Crippen LogP contribution in [0.4, 0.5) is 5.13 Å². The summed E-state index contributed by atoms with van der Waals surface area (Å²) in [4.78, 5) is 13.9. The van der Waals surface area contributed by atoms with Crippen LogP contribution < -0.4 is 4.90 Å². The van der Waals surface area contributed by atoms with Gasteiger partial charge >= 0.3 is 0 Å². The van der Waals surface area contributed by atoms with E-state index in [4.69, 9.17) is 4.42 Å². The molecule has 0 bridgehead atoms. The number of thiazole rings is 2. The largest absolute Gasteiger partial charge is 0.462 e. The van der Waals surface area contributed by atoms with Gasteiger partial charge in [-0.05, 0) is 12.1 Å². The maximum atomic E-state index is 5.40. The maximum absolute atomic E-state index is 5.40. The van der Waals surface area contributed by atoms with Crippen LogP contribution in [0, 0.1) is 0 Å². The molecule has 114 valence electrons. The molecule has 5 nitrogen and oxygen atoms in total. The monoisotopic (exact) mass is 332 g/mol. The predicted octanol–water partition coefficient (Wildman–Crippen LogP) is 3.18. The van der Waals surface area contributed by atoms with Crippen LogP contribution >= 0.6 is 22.7 Å². The van der Waals surface area contributed by atoms with E-state index < -0.39 is 0 Å². The average Bonchev–Trinajstić information content (AvgIpc) is 3.30. The second-order valence-electron chi connectivity index (χ2n) is 5.20. The van der Waals surface area contributed by atoms with E-state index in [0.717, 1.165) is 54.3 Å². The highest BCUT2D eigenvalue weighted by Gasteiger charge is 2.19. The van der Waals surface area contributed by atoms with Crippen LogP contribution in [0.2, 0.25) is 0 Å². The minimum atomic E-state index is 0.852. The summed E-state index contributed by atoms with van der Waals surface area (Å²) in [7, 11) is 0. The molecule has 1 aliphatic rings. The molecule has 0 unspecified atom stereocenters. The zero-order chi connectivity index (χ0) is 14.8. The highest BCUT2D eigenvalue weighted by atomic mass is 32.1. The first-order valence-electron chi connectivity index (χ1n) is 7.23. The van der Waals surface area contributed by atoms with E-state index in [-0.39, 0.29) is 0 Å². The summed E-state index contributed by atoms with van der Waals surface area (Å²) in [5, 5.41) is 6.26. The number of nitrogens with zero attached hydrogens (tertiary/aromatic N) is 4. The van der Waals surface area contributed by atoms with Gasteiger partial charge in [0.05, 0.1) is 12.0 Å². The molecule has 0 radical (unpaired) electrons. The lowest BCUT2D eigenvalue weighted by atomic mass is 10.3. The van der Waals surface area contributed by atoms with Crippen LogP contribution in [0.1, 0.15) is 5.69 Å². The highest BCUT2D eigenvalue weighted by Crippen LogP contribution is 2.25. The number of hydrogen-bond donors (Lipinski definition) is 0. The molecular formula is C15H16N4OS2. The third-order valence-corrected chi connectivity index (χ3v) is 5.47. The predicted molar refractivity (Wildman–Crippen MR) is 89.4 cm³/mol. The molecule has 4 rings (SSSR count). The number of anilines is 1. The zero-order valence-corrected chi connectivity index (χ0v) is 13.6. The summed E-state index contributed by atoms with van der Waals surface area (Å²) in [5.41, 5.74) is 1.12. The molecule has 7 heteroatoms. The van der Waals surface area contributed by atoms with Gasteiger partial charge < -0.3 is 9.32 Å². The van der Waals surface area contributed by atoms with Crippen molar-refractivity contribution in [2.24, 2.45) is 0 Å². The van der Waals surface area contributed by atoms with Gasteiger partial charge in [-0.15, -0.1) is 22.7 Å². The smallest absolute Gasteiger partial charge is 0.185 e. The number of aromatic nitrogens is 2. The molecular weight excluding hydrogens is 316 g/mol. The Balaban J connectivity index is 1.35. The molecule has 0 amide bonds. The lowest BCUT2D eigenvalue weighted by Gasteiger charge is -2.34. The van der Waals surface area contributed by atoms with Crippen molar-refractivity contribution >= 4 is 27.8 Å². The fourth-order valence-electron chi connectivity index (χ4n) is 2.59. The molecule has 1 aliphatic heterocycles. The van der Waals surface area contributed by atoms with Crippen LogP contribution in [0.5, 0.6) is 0 Å². The molecule has 22 heavy (non-hydrogen) atoms. The van der Waals surface area contributed by atoms with Crippen molar-refractivity contribution in [1.29, 1.82) is 0 Å². The fourth-order valence-corrected chi connectivity index (χ4v) is 4.07. The third-order valence-electron chi connectivity index (χ3n) is 3.73. The Bertz CT molecular complexity index is 700. The molecule has 0 aromatic carbocycles. The van der Waals surface area contributed by atoms with Crippen molar-refractivity contribution in [1.82, 2.24) is 14.9 Å². The molecule has 0 spiro atoms. The molecule has 0 atom stereocenters. The quantitative estimate of drug-likeness (QED) is 0.734. The van der Waals surface area contributed by atoms with Crippen LogP contribution in [-0.4, -0.2) is 41.0 Å². The Labute approximate surface area is 136 Å².